The SMILES string of the molecule is CN(C)C(c1ccccc1)C(C)(C)N. The predicted molar refractivity (Wildman–Crippen MR) is 61.1 cm³/mol. The van der Waals surface area contributed by atoms with Gasteiger partial charge in [0.2, 0.25) is 0 Å². The van der Waals surface area contributed by atoms with Crippen molar-refractivity contribution < 1.29 is 0 Å². The Balaban J connectivity index is 3.02. The van der Waals surface area contributed by atoms with Crippen LogP contribution in [0, 0.1) is 0 Å². The van der Waals surface area contributed by atoms with E-state index in [0.29, 0.717) is 0 Å². The summed E-state index contributed by atoms with van der Waals surface area (Å²) < 4.78 is 0. The Labute approximate surface area is 86.7 Å². The van der Waals surface area contributed by atoms with E-state index in [1.54, 1.807) is 0 Å². The molecule has 0 fully saturated rings. The Bertz CT molecular complexity index is 272. The average molecular weight is 192 g/mol. The molecule has 0 aliphatic heterocycles. The average Bonchev–Trinajstić information content (AvgIpc) is 2.02. The lowest BCUT2D eigenvalue weighted by atomic mass is 9.89. The van der Waals surface area contributed by atoms with Crippen LogP contribution in [0.4, 0.5) is 0 Å². The molecule has 14 heavy (non-hydrogen) atoms. The largest absolute Gasteiger partial charge is 0.324 e. The van der Waals surface area contributed by atoms with Crippen LogP contribution >= 0.6 is 0 Å². The molecule has 0 bridgehead atoms. The third-order valence-electron chi connectivity index (χ3n) is 2.34. The quantitative estimate of drug-likeness (QED) is 0.794. The van der Waals surface area contributed by atoms with Crippen molar-refractivity contribution in [2.75, 3.05) is 14.1 Å². The van der Waals surface area contributed by atoms with Crippen LogP contribution in [0.25, 0.3) is 0 Å². The van der Waals surface area contributed by atoms with Crippen LogP contribution in [-0.2, 0) is 0 Å². The highest BCUT2D eigenvalue weighted by Gasteiger charge is 2.28. The summed E-state index contributed by atoms with van der Waals surface area (Å²) in [5, 5.41) is 0. The van der Waals surface area contributed by atoms with Crippen LogP contribution in [-0.4, -0.2) is 24.5 Å². The minimum absolute atomic E-state index is 0.231. The molecule has 1 rings (SSSR count). The molecule has 0 aliphatic rings. The summed E-state index contributed by atoms with van der Waals surface area (Å²) in [4.78, 5) is 2.16. The number of rotatable bonds is 3. The van der Waals surface area contributed by atoms with Gasteiger partial charge >= 0.3 is 0 Å². The van der Waals surface area contributed by atoms with Crippen LogP contribution in [0.3, 0.4) is 0 Å². The Morgan fingerprint density at radius 2 is 1.64 bits per heavy atom. The molecule has 0 spiro atoms. The van der Waals surface area contributed by atoms with Crippen molar-refractivity contribution in [1.82, 2.24) is 4.90 Å². The van der Waals surface area contributed by atoms with Gasteiger partial charge in [-0.15, -0.1) is 0 Å². The lowest BCUT2D eigenvalue weighted by molar-refractivity contribution is 0.205. The Morgan fingerprint density at radius 3 is 2.00 bits per heavy atom. The van der Waals surface area contributed by atoms with E-state index in [4.69, 9.17) is 5.73 Å². The van der Waals surface area contributed by atoms with Gasteiger partial charge in [-0.3, -0.25) is 0 Å². The van der Waals surface area contributed by atoms with Crippen molar-refractivity contribution in [2.24, 2.45) is 5.73 Å². The van der Waals surface area contributed by atoms with E-state index < -0.39 is 0 Å². The minimum atomic E-state index is -0.231. The first-order valence-corrected chi connectivity index (χ1v) is 4.93. The fourth-order valence-corrected chi connectivity index (χ4v) is 2.03. The van der Waals surface area contributed by atoms with Crippen LogP contribution in [0.1, 0.15) is 25.5 Å². The molecule has 0 aromatic heterocycles. The summed E-state index contributed by atoms with van der Waals surface area (Å²) in [5.74, 6) is 0. The van der Waals surface area contributed by atoms with E-state index >= 15 is 0 Å². The highest BCUT2D eigenvalue weighted by atomic mass is 15.1. The molecule has 1 aromatic rings. The fourth-order valence-electron chi connectivity index (χ4n) is 2.03. The number of hydrogen-bond donors (Lipinski definition) is 1. The molecule has 1 aromatic carbocycles. The number of likely N-dealkylation sites (N-methyl/N-ethyl adjacent to an activating group) is 1. The van der Waals surface area contributed by atoms with Gasteiger partial charge in [0.05, 0.1) is 6.04 Å². The molecule has 0 saturated carbocycles. The van der Waals surface area contributed by atoms with Crippen molar-refractivity contribution in [2.45, 2.75) is 25.4 Å². The number of benzene rings is 1. The maximum absolute atomic E-state index is 6.17. The molecular formula is C12H20N2. The fraction of sp³-hybridized carbons (Fsp3) is 0.500. The molecule has 0 aliphatic carbocycles. The van der Waals surface area contributed by atoms with E-state index in [-0.39, 0.29) is 11.6 Å². The second-order valence-electron chi connectivity index (χ2n) is 4.60. The summed E-state index contributed by atoms with van der Waals surface area (Å²) in [6, 6.07) is 10.6. The van der Waals surface area contributed by atoms with Gasteiger partial charge in [0, 0.05) is 5.54 Å². The third kappa shape index (κ3) is 2.56. The molecular weight excluding hydrogens is 172 g/mol. The van der Waals surface area contributed by atoms with E-state index in [1.807, 2.05) is 6.07 Å². The zero-order chi connectivity index (χ0) is 10.8. The van der Waals surface area contributed by atoms with Crippen LogP contribution < -0.4 is 5.73 Å². The van der Waals surface area contributed by atoms with Crippen molar-refractivity contribution >= 4 is 0 Å². The zero-order valence-corrected chi connectivity index (χ0v) is 9.49. The molecule has 0 saturated heterocycles. The van der Waals surface area contributed by atoms with E-state index in [9.17, 15) is 0 Å². The highest BCUT2D eigenvalue weighted by Crippen LogP contribution is 2.27. The standard InChI is InChI=1S/C12H20N2/c1-12(2,13)11(14(3)4)10-8-6-5-7-9-10/h5-9,11H,13H2,1-4H3. The molecule has 78 valence electrons. The minimum Gasteiger partial charge on any atom is -0.324 e. The van der Waals surface area contributed by atoms with Crippen molar-refractivity contribution in [3.05, 3.63) is 35.9 Å². The molecule has 0 heterocycles. The van der Waals surface area contributed by atoms with Crippen molar-refractivity contribution in [3.8, 4) is 0 Å². The van der Waals surface area contributed by atoms with Gasteiger partial charge in [-0.25, -0.2) is 0 Å². The zero-order valence-electron chi connectivity index (χ0n) is 9.49. The number of nitrogens with zero attached hydrogens (tertiary/aromatic N) is 1. The third-order valence-corrected chi connectivity index (χ3v) is 2.34. The second-order valence-corrected chi connectivity index (χ2v) is 4.60. The molecule has 1 atom stereocenters. The number of nitrogens with two attached hydrogens (primary N) is 1. The van der Waals surface area contributed by atoms with Crippen molar-refractivity contribution in [3.63, 3.8) is 0 Å². The predicted octanol–water partition coefficient (Wildman–Crippen LogP) is 2.03. The van der Waals surface area contributed by atoms with Crippen LogP contribution in [0.15, 0.2) is 30.3 Å². The topological polar surface area (TPSA) is 29.3 Å². The molecule has 0 amide bonds. The first kappa shape index (κ1) is 11.2. The maximum atomic E-state index is 6.17. The Hall–Kier alpha value is -0.860. The van der Waals surface area contributed by atoms with Gasteiger partial charge in [-0.05, 0) is 33.5 Å². The Morgan fingerprint density at radius 1 is 1.14 bits per heavy atom. The first-order chi connectivity index (χ1) is 6.43. The van der Waals surface area contributed by atoms with E-state index in [2.05, 4.69) is 57.1 Å². The summed E-state index contributed by atoms with van der Waals surface area (Å²) in [6.45, 7) is 4.12. The van der Waals surface area contributed by atoms with Crippen LogP contribution in [0.5, 0.6) is 0 Å². The summed E-state index contributed by atoms with van der Waals surface area (Å²) in [5.41, 5.74) is 7.21. The lowest BCUT2D eigenvalue weighted by Gasteiger charge is -2.36. The first-order valence-electron chi connectivity index (χ1n) is 4.93. The van der Waals surface area contributed by atoms with Gasteiger partial charge in [-0.1, -0.05) is 30.3 Å². The summed E-state index contributed by atoms with van der Waals surface area (Å²) in [6.07, 6.45) is 0. The smallest absolute Gasteiger partial charge is 0.0517 e. The van der Waals surface area contributed by atoms with Gasteiger partial charge in [0.1, 0.15) is 0 Å². The van der Waals surface area contributed by atoms with E-state index in [1.165, 1.54) is 5.56 Å². The number of hydrogen-bond acceptors (Lipinski definition) is 2. The van der Waals surface area contributed by atoms with E-state index in [0.717, 1.165) is 0 Å². The second kappa shape index (κ2) is 4.11. The van der Waals surface area contributed by atoms with Gasteiger partial charge in [0.25, 0.3) is 0 Å². The highest BCUT2D eigenvalue weighted by molar-refractivity contribution is 5.22. The van der Waals surface area contributed by atoms with Crippen molar-refractivity contribution in [1.29, 1.82) is 0 Å². The molecule has 1 unspecified atom stereocenters. The molecule has 2 heteroatoms. The molecule has 0 radical (unpaired) electrons. The van der Waals surface area contributed by atoms with Crippen LogP contribution in [0.2, 0.25) is 0 Å². The van der Waals surface area contributed by atoms with Gasteiger partial charge < -0.3 is 10.6 Å². The molecule has 2 nitrogen and oxygen atoms in total. The summed E-state index contributed by atoms with van der Waals surface area (Å²) >= 11 is 0. The maximum Gasteiger partial charge on any atom is 0.0517 e. The lowest BCUT2D eigenvalue weighted by Crippen LogP contribution is -2.45. The monoisotopic (exact) mass is 192 g/mol. The Kier molecular flexibility index (Phi) is 3.29. The van der Waals surface area contributed by atoms with Gasteiger partial charge in [0.15, 0.2) is 0 Å². The van der Waals surface area contributed by atoms with Gasteiger partial charge in [-0.2, -0.15) is 0 Å². The molecule has 2 N–H and O–H groups in total. The normalized spacial score (nSPS) is 14.4. The summed E-state index contributed by atoms with van der Waals surface area (Å²) in [7, 11) is 4.12.